The van der Waals surface area contributed by atoms with Crippen molar-refractivity contribution < 1.29 is 18.3 Å². The summed E-state index contributed by atoms with van der Waals surface area (Å²) in [6, 6.07) is 8.94. The molecule has 3 aromatic rings. The number of aryl methyl sites for hydroxylation is 2. The van der Waals surface area contributed by atoms with E-state index in [-0.39, 0.29) is 22.3 Å². The third-order valence-corrected chi connectivity index (χ3v) is 5.53. The van der Waals surface area contributed by atoms with Crippen molar-refractivity contribution in [1.29, 1.82) is 0 Å². The van der Waals surface area contributed by atoms with E-state index >= 15 is 0 Å². The standard InChI is InChI=1S/C23H22FNO4/c1-13-11-16-18(12-14(13)2)29-22-19(21(16)26)20(15-7-4-5-8-17(15)24)25(23(22)27)9-6-10-28-3/h4-5,7-8,11-12,20H,6,9-10H2,1-3H3. The molecule has 1 aliphatic rings. The lowest BCUT2D eigenvalue weighted by Crippen LogP contribution is -2.31. The number of carbonyl (C=O) groups excluding carboxylic acids is 1. The van der Waals surface area contributed by atoms with Crippen molar-refractivity contribution in [2.45, 2.75) is 26.3 Å². The Balaban J connectivity index is 1.96. The second-order valence-corrected chi connectivity index (χ2v) is 7.38. The smallest absolute Gasteiger partial charge is 0.290 e. The summed E-state index contributed by atoms with van der Waals surface area (Å²) >= 11 is 0. The quantitative estimate of drug-likeness (QED) is 0.610. The number of benzene rings is 2. The molecule has 150 valence electrons. The molecule has 1 aliphatic heterocycles. The number of halogens is 1. The van der Waals surface area contributed by atoms with E-state index in [0.717, 1.165) is 11.1 Å². The van der Waals surface area contributed by atoms with Gasteiger partial charge in [0.1, 0.15) is 11.4 Å². The Hall–Kier alpha value is -2.99. The molecule has 2 aromatic carbocycles. The first-order valence-corrected chi connectivity index (χ1v) is 9.56. The molecular formula is C23H22FNO4. The fraction of sp³-hybridized carbons (Fsp3) is 0.304. The Morgan fingerprint density at radius 3 is 2.59 bits per heavy atom. The topological polar surface area (TPSA) is 59.8 Å². The molecule has 0 N–H and O–H groups in total. The van der Waals surface area contributed by atoms with Crippen LogP contribution in [-0.4, -0.2) is 31.1 Å². The van der Waals surface area contributed by atoms with Gasteiger partial charge >= 0.3 is 0 Å². The zero-order chi connectivity index (χ0) is 20.7. The van der Waals surface area contributed by atoms with Gasteiger partial charge in [0.15, 0.2) is 5.43 Å². The van der Waals surface area contributed by atoms with Crippen LogP contribution in [0.5, 0.6) is 0 Å². The van der Waals surface area contributed by atoms with Crippen LogP contribution in [0.2, 0.25) is 0 Å². The number of methoxy groups -OCH3 is 1. The predicted molar refractivity (Wildman–Crippen MR) is 108 cm³/mol. The summed E-state index contributed by atoms with van der Waals surface area (Å²) in [6.45, 7) is 4.61. The number of amides is 1. The summed E-state index contributed by atoms with van der Waals surface area (Å²) in [6.07, 6.45) is 0.563. The van der Waals surface area contributed by atoms with E-state index in [1.54, 1.807) is 37.4 Å². The third-order valence-electron chi connectivity index (χ3n) is 5.53. The average Bonchev–Trinajstić information content (AvgIpc) is 2.97. The molecular weight excluding hydrogens is 373 g/mol. The maximum atomic E-state index is 14.7. The number of rotatable bonds is 5. The monoisotopic (exact) mass is 395 g/mol. The summed E-state index contributed by atoms with van der Waals surface area (Å²) in [5.74, 6) is -0.868. The molecule has 0 spiro atoms. The van der Waals surface area contributed by atoms with E-state index in [9.17, 15) is 14.0 Å². The van der Waals surface area contributed by atoms with Crippen LogP contribution in [0.15, 0.2) is 45.6 Å². The van der Waals surface area contributed by atoms with Crippen molar-refractivity contribution in [1.82, 2.24) is 4.90 Å². The van der Waals surface area contributed by atoms with Gasteiger partial charge < -0.3 is 14.1 Å². The van der Waals surface area contributed by atoms with E-state index < -0.39 is 17.8 Å². The second-order valence-electron chi connectivity index (χ2n) is 7.38. The van der Waals surface area contributed by atoms with Crippen molar-refractivity contribution >= 4 is 16.9 Å². The molecule has 1 atom stereocenters. The molecule has 4 rings (SSSR count). The zero-order valence-corrected chi connectivity index (χ0v) is 16.6. The van der Waals surface area contributed by atoms with Crippen LogP contribution < -0.4 is 5.43 Å². The molecule has 1 amide bonds. The fourth-order valence-electron chi connectivity index (χ4n) is 3.91. The lowest BCUT2D eigenvalue weighted by Gasteiger charge is -2.25. The molecule has 6 heteroatoms. The Kier molecular flexibility index (Phi) is 4.96. The van der Waals surface area contributed by atoms with Crippen LogP contribution >= 0.6 is 0 Å². The Morgan fingerprint density at radius 1 is 1.14 bits per heavy atom. The molecule has 0 radical (unpaired) electrons. The number of ether oxygens (including phenoxy) is 1. The summed E-state index contributed by atoms with van der Waals surface area (Å²) in [7, 11) is 1.58. The summed E-state index contributed by atoms with van der Waals surface area (Å²) in [5, 5.41) is 0.403. The highest BCUT2D eigenvalue weighted by Crippen LogP contribution is 2.39. The van der Waals surface area contributed by atoms with E-state index in [0.29, 0.717) is 30.5 Å². The average molecular weight is 395 g/mol. The van der Waals surface area contributed by atoms with E-state index in [1.165, 1.54) is 11.0 Å². The Bertz CT molecular complexity index is 1170. The number of nitrogens with zero attached hydrogens (tertiary/aromatic N) is 1. The number of fused-ring (bicyclic) bond motifs is 2. The molecule has 29 heavy (non-hydrogen) atoms. The van der Waals surface area contributed by atoms with Gasteiger partial charge in [-0.15, -0.1) is 0 Å². The van der Waals surface area contributed by atoms with E-state index in [2.05, 4.69) is 0 Å². The second kappa shape index (κ2) is 7.44. The maximum absolute atomic E-state index is 14.7. The predicted octanol–water partition coefficient (Wildman–Crippen LogP) is 4.13. The number of carbonyl (C=O) groups is 1. The van der Waals surface area contributed by atoms with Crippen LogP contribution in [0.1, 0.15) is 45.3 Å². The Morgan fingerprint density at radius 2 is 1.86 bits per heavy atom. The van der Waals surface area contributed by atoms with Crippen molar-refractivity contribution in [2.24, 2.45) is 0 Å². The SMILES string of the molecule is COCCCN1C(=O)c2oc3cc(C)c(C)cc3c(=O)c2C1c1ccccc1F. The number of hydrogen-bond donors (Lipinski definition) is 0. The van der Waals surface area contributed by atoms with Gasteiger partial charge in [0.05, 0.1) is 17.0 Å². The van der Waals surface area contributed by atoms with Gasteiger partial charge in [0.25, 0.3) is 5.91 Å². The molecule has 1 unspecified atom stereocenters. The van der Waals surface area contributed by atoms with Gasteiger partial charge in [0.2, 0.25) is 5.76 Å². The van der Waals surface area contributed by atoms with Gasteiger partial charge in [-0.2, -0.15) is 0 Å². The minimum atomic E-state index is -0.821. The first kappa shape index (κ1) is 19.3. The van der Waals surface area contributed by atoms with Crippen LogP contribution in [-0.2, 0) is 4.74 Å². The molecule has 0 aliphatic carbocycles. The normalized spacial score (nSPS) is 15.9. The van der Waals surface area contributed by atoms with Gasteiger partial charge in [-0.1, -0.05) is 18.2 Å². The molecule has 5 nitrogen and oxygen atoms in total. The molecule has 0 bridgehead atoms. The molecule has 2 heterocycles. The van der Waals surface area contributed by atoms with E-state index in [4.69, 9.17) is 9.15 Å². The largest absolute Gasteiger partial charge is 0.450 e. The van der Waals surface area contributed by atoms with Crippen molar-refractivity contribution in [3.05, 3.63) is 80.5 Å². The third kappa shape index (κ3) is 3.13. The first-order chi connectivity index (χ1) is 13.9. The van der Waals surface area contributed by atoms with Crippen LogP contribution in [0, 0.1) is 19.7 Å². The highest BCUT2D eigenvalue weighted by atomic mass is 19.1. The number of hydrogen-bond acceptors (Lipinski definition) is 4. The van der Waals surface area contributed by atoms with Crippen molar-refractivity contribution in [3.8, 4) is 0 Å². The van der Waals surface area contributed by atoms with Crippen molar-refractivity contribution in [3.63, 3.8) is 0 Å². The Labute approximate surface area is 167 Å². The van der Waals surface area contributed by atoms with Crippen LogP contribution in [0.25, 0.3) is 11.0 Å². The van der Waals surface area contributed by atoms with Gasteiger partial charge in [0, 0.05) is 25.8 Å². The van der Waals surface area contributed by atoms with Crippen LogP contribution in [0.4, 0.5) is 4.39 Å². The highest BCUT2D eigenvalue weighted by Gasteiger charge is 2.43. The minimum Gasteiger partial charge on any atom is -0.450 e. The highest BCUT2D eigenvalue weighted by molar-refractivity contribution is 5.99. The van der Waals surface area contributed by atoms with E-state index in [1.807, 2.05) is 13.8 Å². The molecule has 0 fully saturated rings. The maximum Gasteiger partial charge on any atom is 0.290 e. The van der Waals surface area contributed by atoms with Gasteiger partial charge in [-0.05, 0) is 49.6 Å². The molecule has 0 saturated heterocycles. The lowest BCUT2D eigenvalue weighted by atomic mass is 9.97. The first-order valence-electron chi connectivity index (χ1n) is 9.56. The van der Waals surface area contributed by atoms with Gasteiger partial charge in [-0.25, -0.2) is 4.39 Å². The zero-order valence-electron chi connectivity index (χ0n) is 16.6. The minimum absolute atomic E-state index is 0.00331. The molecule has 0 saturated carbocycles. The molecule has 1 aromatic heterocycles. The summed E-state index contributed by atoms with van der Waals surface area (Å²) in [4.78, 5) is 28.1. The van der Waals surface area contributed by atoms with Crippen molar-refractivity contribution in [2.75, 3.05) is 20.3 Å². The van der Waals surface area contributed by atoms with Gasteiger partial charge in [-0.3, -0.25) is 9.59 Å². The fourth-order valence-corrected chi connectivity index (χ4v) is 3.91. The summed E-state index contributed by atoms with van der Waals surface area (Å²) in [5.41, 5.74) is 2.49. The lowest BCUT2D eigenvalue weighted by molar-refractivity contribution is 0.0706. The van der Waals surface area contributed by atoms with Crippen LogP contribution in [0.3, 0.4) is 0 Å². The summed E-state index contributed by atoms with van der Waals surface area (Å²) < 4.78 is 25.7.